The molecule has 84 heavy (non-hydrogen) atoms. The van der Waals surface area contributed by atoms with Crippen LogP contribution in [-0.2, 0) is 46.4 Å². The minimum absolute atomic E-state index is 0.109. The number of amides is 6. The SMILES string of the molecule is N[C@H]1C(=O)NC2Cc3ccc(c(Cl)c3)Oc3cc4cc(c3O)Oc3ccc(cc3Cl)CC3=NC(=O)C(NC(=O)C4NC(=O)C(NC2=O)c2cc(O)cc(c2)Oc2cc1ccc2O)c1ccc(O)c(c1)-c1c(O)cc(O)cc1[C@@H](C(=O)O)NC3=O. The highest BCUT2D eigenvalue weighted by Crippen LogP contribution is 2.48. The topological polar surface area (TPSA) is 387 Å². The fourth-order valence-electron chi connectivity index (χ4n) is 9.99. The highest BCUT2D eigenvalue weighted by Gasteiger charge is 2.39. The summed E-state index contributed by atoms with van der Waals surface area (Å²) in [5, 5.41) is 90.5. The van der Waals surface area contributed by atoms with E-state index in [1.165, 1.54) is 60.7 Å². The molecule has 6 atom stereocenters. The van der Waals surface area contributed by atoms with Crippen LogP contribution in [0.3, 0.4) is 0 Å². The van der Waals surface area contributed by atoms with Crippen molar-refractivity contribution < 1.29 is 83.5 Å². The molecule has 7 aromatic carbocycles. The maximum absolute atomic E-state index is 15.6. The zero-order chi connectivity index (χ0) is 59.6. The van der Waals surface area contributed by atoms with Gasteiger partial charge in [0.15, 0.2) is 29.0 Å². The third kappa shape index (κ3) is 10.8. The number of aliphatic carboxylic acids is 1. The number of carbonyl (C=O) groups is 7. The van der Waals surface area contributed by atoms with Crippen molar-refractivity contribution in [2.45, 2.75) is 49.1 Å². The monoisotopic (exact) mass is 1180 g/mol. The number of carboxylic acids is 1. The Bertz CT molecular complexity index is 4060. The number of hydrogen-bond acceptors (Lipinski definition) is 17. The highest BCUT2D eigenvalue weighted by molar-refractivity contribution is 6.41. The molecule has 0 spiro atoms. The maximum Gasteiger partial charge on any atom is 0.330 e. The number of phenolic OH excluding ortho intramolecular Hbond substituents is 6. The van der Waals surface area contributed by atoms with E-state index >= 15 is 14.4 Å². The number of benzene rings is 7. The van der Waals surface area contributed by atoms with Crippen molar-refractivity contribution in [2.24, 2.45) is 10.7 Å². The van der Waals surface area contributed by atoms with Gasteiger partial charge >= 0.3 is 5.97 Å². The molecule has 13 rings (SSSR count). The molecule has 6 aliphatic rings. The van der Waals surface area contributed by atoms with Crippen molar-refractivity contribution in [1.29, 1.82) is 0 Å². The first-order chi connectivity index (χ1) is 40.0. The molecule has 0 radical (unpaired) electrons. The van der Waals surface area contributed by atoms with Gasteiger partial charge in [-0.2, -0.15) is 0 Å². The van der Waals surface area contributed by atoms with Crippen LogP contribution in [0.2, 0.25) is 10.0 Å². The van der Waals surface area contributed by atoms with Gasteiger partial charge in [-0.15, -0.1) is 0 Å². The molecule has 0 aromatic heterocycles. The lowest BCUT2D eigenvalue weighted by molar-refractivity contribution is -0.141. The standard InChI is InChI=1S/C58H43Cl2N7O17/c59-33-9-22-1-7-40(33)83-43-17-27-18-44(51(43)73)84-41-8-2-23(10-34(41)60)12-36-53(75)67-50(58(80)81)32-20-29(69)21-39(72)45(32)31-15-25(4-5-37(31)70)47(55(77)63-36)65-57(79)49(27)66-56(78)48-26-13-28(68)19-30(14-26)82-42-16-24(3-6-38(42)71)46(61)54(76)62-35(11-22)52(74)64-48/h1-10,13-21,35,46-50,68-73H,11-12,61H2,(H,62,76)(H,64,74)(H,65,79)(H,66,78)(H,67,75)(H,80,81)/t35?,46-,47?,48?,49?,50+/m1/s1. The molecular formula is C58H43Cl2N7O17. The van der Waals surface area contributed by atoms with Gasteiger partial charge in [-0.3, -0.25) is 28.8 Å². The van der Waals surface area contributed by atoms with Gasteiger partial charge in [0.1, 0.15) is 76.2 Å². The molecule has 17 bridgehead atoms. The van der Waals surface area contributed by atoms with Gasteiger partial charge in [0.2, 0.25) is 29.4 Å². The number of nitrogens with zero attached hydrogens (tertiary/aromatic N) is 1. The van der Waals surface area contributed by atoms with Crippen molar-refractivity contribution in [1.82, 2.24) is 26.6 Å². The summed E-state index contributed by atoms with van der Waals surface area (Å²) in [5.74, 6) is -14.3. The molecular weight excluding hydrogens is 1140 g/mol. The Morgan fingerprint density at radius 2 is 1.13 bits per heavy atom. The van der Waals surface area contributed by atoms with E-state index in [0.29, 0.717) is 5.56 Å². The minimum Gasteiger partial charge on any atom is -0.508 e. The predicted molar refractivity (Wildman–Crippen MR) is 294 cm³/mol. The van der Waals surface area contributed by atoms with Crippen LogP contribution in [0, 0.1) is 0 Å². The summed E-state index contributed by atoms with van der Waals surface area (Å²) in [7, 11) is 0. The number of carboxylic acid groups (broad SMARTS) is 1. The number of nitrogens with two attached hydrogens (primary N) is 1. The summed E-state index contributed by atoms with van der Waals surface area (Å²) < 4.78 is 18.4. The second-order valence-electron chi connectivity index (χ2n) is 19.8. The zero-order valence-corrected chi connectivity index (χ0v) is 44.4. The third-order valence-electron chi connectivity index (χ3n) is 14.1. The lowest BCUT2D eigenvalue weighted by atomic mass is 9.90. The maximum atomic E-state index is 15.6. The van der Waals surface area contributed by atoms with E-state index in [2.05, 4.69) is 31.6 Å². The van der Waals surface area contributed by atoms with Crippen LogP contribution in [0.5, 0.6) is 69.0 Å². The van der Waals surface area contributed by atoms with Crippen LogP contribution < -0.4 is 46.5 Å². The molecule has 6 amide bonds. The summed E-state index contributed by atoms with van der Waals surface area (Å²) in [6.07, 6.45) is -0.897. The molecule has 7 aromatic rings. The first-order valence-electron chi connectivity index (χ1n) is 25.2. The molecule has 26 heteroatoms. The largest absolute Gasteiger partial charge is 0.508 e. The zero-order valence-electron chi connectivity index (χ0n) is 42.8. The number of aliphatic imine (C=N–C) groups is 1. The Kier molecular flexibility index (Phi) is 14.3. The van der Waals surface area contributed by atoms with Crippen LogP contribution in [0.1, 0.15) is 69.2 Å². The average Bonchev–Trinajstić information content (AvgIpc) is 3.52. The lowest BCUT2D eigenvalue weighted by Crippen LogP contribution is -2.53. The van der Waals surface area contributed by atoms with Gasteiger partial charge < -0.3 is 82.3 Å². The number of nitrogens with one attached hydrogen (secondary N) is 5. The van der Waals surface area contributed by atoms with E-state index in [-0.39, 0.29) is 72.8 Å². The third-order valence-corrected chi connectivity index (χ3v) is 14.7. The van der Waals surface area contributed by atoms with Gasteiger partial charge in [-0.05, 0) is 112 Å². The summed E-state index contributed by atoms with van der Waals surface area (Å²) in [6, 6.07) is 11.4. The van der Waals surface area contributed by atoms with E-state index in [1.54, 1.807) is 0 Å². The fraction of sp³-hybridized carbons (Fsp3) is 0.138. The Hall–Kier alpha value is -10.6. The van der Waals surface area contributed by atoms with Crippen molar-refractivity contribution in [3.63, 3.8) is 0 Å². The van der Waals surface area contributed by atoms with E-state index in [9.17, 15) is 54.9 Å². The summed E-state index contributed by atoms with van der Waals surface area (Å²) >= 11 is 13.7. The predicted octanol–water partition coefficient (Wildman–Crippen LogP) is 5.98. The van der Waals surface area contributed by atoms with E-state index in [1.807, 2.05) is 0 Å². The van der Waals surface area contributed by atoms with Gasteiger partial charge in [0, 0.05) is 41.7 Å². The number of fused-ring (bicyclic) bond motifs is 14. The van der Waals surface area contributed by atoms with Gasteiger partial charge in [0.05, 0.1) is 10.0 Å². The number of phenols is 6. The number of hydrogen-bond donors (Lipinski definition) is 13. The average molecular weight is 1180 g/mol. The fourth-order valence-corrected chi connectivity index (χ4v) is 10.5. The Balaban J connectivity index is 1.14. The van der Waals surface area contributed by atoms with Crippen molar-refractivity contribution in [3.8, 4) is 80.1 Å². The Morgan fingerprint density at radius 1 is 0.536 bits per heavy atom. The second kappa shape index (κ2) is 21.7. The number of carbonyl (C=O) groups excluding carboxylic acids is 6. The first-order valence-corrected chi connectivity index (χ1v) is 26.0. The van der Waals surface area contributed by atoms with Crippen molar-refractivity contribution >= 4 is 70.3 Å². The molecule has 6 aliphatic heterocycles. The van der Waals surface area contributed by atoms with E-state index in [4.69, 9.17) is 43.1 Å². The van der Waals surface area contributed by atoms with E-state index in [0.717, 1.165) is 54.6 Å². The summed E-state index contributed by atoms with van der Waals surface area (Å²) in [4.78, 5) is 107. The molecule has 0 saturated carbocycles. The van der Waals surface area contributed by atoms with Crippen LogP contribution >= 0.6 is 23.2 Å². The number of ether oxygens (including phenoxy) is 3. The molecule has 0 saturated heterocycles. The van der Waals surface area contributed by atoms with Gasteiger partial charge in [-0.1, -0.05) is 47.5 Å². The summed E-state index contributed by atoms with van der Waals surface area (Å²) in [6.45, 7) is 0. The molecule has 4 unspecified atom stereocenters. The molecule has 6 heterocycles. The highest BCUT2D eigenvalue weighted by atomic mass is 35.5. The smallest absolute Gasteiger partial charge is 0.330 e. The van der Waals surface area contributed by atoms with Crippen LogP contribution in [0.15, 0.2) is 120 Å². The molecule has 426 valence electrons. The van der Waals surface area contributed by atoms with Crippen LogP contribution in [0.4, 0.5) is 0 Å². The van der Waals surface area contributed by atoms with E-state index < -0.39 is 147 Å². The van der Waals surface area contributed by atoms with Crippen LogP contribution in [0.25, 0.3) is 11.1 Å². The molecule has 14 N–H and O–H groups in total. The Labute approximate surface area is 482 Å². The van der Waals surface area contributed by atoms with Crippen LogP contribution in [-0.4, -0.2) is 88.9 Å². The van der Waals surface area contributed by atoms with Gasteiger partial charge in [-0.25, -0.2) is 9.79 Å². The molecule has 0 aliphatic carbocycles. The lowest BCUT2D eigenvalue weighted by Gasteiger charge is -2.29. The van der Waals surface area contributed by atoms with Crippen molar-refractivity contribution in [2.75, 3.05) is 0 Å². The van der Waals surface area contributed by atoms with Gasteiger partial charge in [0.25, 0.3) is 11.8 Å². The second-order valence-corrected chi connectivity index (χ2v) is 20.6. The minimum atomic E-state index is -2.13. The first kappa shape index (κ1) is 55.4. The number of aromatic hydroxyl groups is 6. The molecule has 0 fully saturated rings. The quantitative estimate of drug-likeness (QED) is 0.0899. The molecule has 24 nitrogen and oxygen atoms in total. The number of rotatable bonds is 1. The normalized spacial score (nSPS) is 20.4. The van der Waals surface area contributed by atoms with Crippen molar-refractivity contribution in [3.05, 3.63) is 164 Å². The summed E-state index contributed by atoms with van der Waals surface area (Å²) in [5.41, 5.74) is 4.35. The Morgan fingerprint density at radius 3 is 1.81 bits per heavy atom. The number of halogens is 2.